The largest absolute Gasteiger partial charge is 0.478 e. The monoisotopic (exact) mass is 347 g/mol. The number of hydrogen-bond donors (Lipinski definition) is 2. The molecule has 2 N–H and O–H groups in total. The van der Waals surface area contributed by atoms with E-state index in [1.54, 1.807) is 12.1 Å². The molecule has 0 spiro atoms. The SMILES string of the molecule is Cc1cccc(CC(=O)Nc2ccc(Br)c(C(=O)O)c2)c1. The molecule has 2 rings (SSSR count). The number of carbonyl (C=O) groups is 2. The van der Waals surface area contributed by atoms with Crippen molar-refractivity contribution in [2.24, 2.45) is 0 Å². The van der Waals surface area contributed by atoms with Crippen LogP contribution < -0.4 is 5.32 Å². The van der Waals surface area contributed by atoms with Crippen LogP contribution in [0.3, 0.4) is 0 Å². The van der Waals surface area contributed by atoms with Crippen LogP contribution in [0, 0.1) is 6.92 Å². The van der Waals surface area contributed by atoms with Crippen LogP contribution in [0.1, 0.15) is 21.5 Å². The Morgan fingerprint density at radius 2 is 1.95 bits per heavy atom. The van der Waals surface area contributed by atoms with Gasteiger partial charge < -0.3 is 10.4 Å². The fraction of sp³-hybridized carbons (Fsp3) is 0.125. The molecule has 0 unspecified atom stereocenters. The summed E-state index contributed by atoms with van der Waals surface area (Å²) in [5, 5.41) is 11.8. The molecule has 0 saturated carbocycles. The molecule has 0 fully saturated rings. The van der Waals surface area contributed by atoms with Gasteiger partial charge in [0.15, 0.2) is 0 Å². The Kier molecular flexibility index (Phi) is 4.75. The van der Waals surface area contributed by atoms with Crippen molar-refractivity contribution in [1.29, 1.82) is 0 Å². The summed E-state index contributed by atoms with van der Waals surface area (Å²) in [7, 11) is 0. The Bertz CT molecular complexity index is 698. The van der Waals surface area contributed by atoms with Gasteiger partial charge in [-0.3, -0.25) is 4.79 Å². The third-order valence-electron chi connectivity index (χ3n) is 2.93. The van der Waals surface area contributed by atoms with E-state index in [1.165, 1.54) is 6.07 Å². The van der Waals surface area contributed by atoms with Crippen LogP contribution in [0.2, 0.25) is 0 Å². The van der Waals surface area contributed by atoms with Crippen LogP contribution in [0.25, 0.3) is 0 Å². The zero-order chi connectivity index (χ0) is 15.4. The van der Waals surface area contributed by atoms with Crippen molar-refractivity contribution < 1.29 is 14.7 Å². The molecule has 0 heterocycles. The molecular weight excluding hydrogens is 334 g/mol. The van der Waals surface area contributed by atoms with E-state index in [0.29, 0.717) is 10.2 Å². The number of amides is 1. The molecular formula is C16H14BrNO3. The zero-order valence-corrected chi connectivity index (χ0v) is 13.0. The standard InChI is InChI=1S/C16H14BrNO3/c1-10-3-2-4-11(7-10)8-15(19)18-12-5-6-14(17)13(9-12)16(20)21/h2-7,9H,8H2,1H3,(H,18,19)(H,20,21). The second kappa shape index (κ2) is 6.54. The Labute approximate surface area is 130 Å². The second-order valence-corrected chi connectivity index (χ2v) is 5.57. The molecule has 2 aromatic carbocycles. The molecule has 108 valence electrons. The van der Waals surface area contributed by atoms with Crippen LogP contribution >= 0.6 is 15.9 Å². The van der Waals surface area contributed by atoms with E-state index < -0.39 is 5.97 Å². The summed E-state index contributed by atoms with van der Waals surface area (Å²) >= 11 is 3.17. The summed E-state index contributed by atoms with van der Waals surface area (Å²) in [5.41, 5.74) is 2.59. The van der Waals surface area contributed by atoms with Crippen LogP contribution in [0.5, 0.6) is 0 Å². The van der Waals surface area contributed by atoms with Gasteiger partial charge in [-0.15, -0.1) is 0 Å². The predicted octanol–water partition coefficient (Wildman–Crippen LogP) is 3.64. The molecule has 2 aromatic rings. The third-order valence-corrected chi connectivity index (χ3v) is 3.62. The minimum atomic E-state index is -1.04. The number of benzene rings is 2. The molecule has 0 radical (unpaired) electrons. The van der Waals surface area contributed by atoms with Crippen molar-refractivity contribution in [2.75, 3.05) is 5.32 Å². The van der Waals surface area contributed by atoms with E-state index >= 15 is 0 Å². The van der Waals surface area contributed by atoms with E-state index in [1.807, 2.05) is 31.2 Å². The Morgan fingerprint density at radius 3 is 2.62 bits per heavy atom. The number of rotatable bonds is 4. The van der Waals surface area contributed by atoms with Crippen LogP contribution in [-0.2, 0) is 11.2 Å². The summed E-state index contributed by atoms with van der Waals surface area (Å²) in [6.45, 7) is 1.97. The van der Waals surface area contributed by atoms with Gasteiger partial charge in [-0.25, -0.2) is 4.79 Å². The zero-order valence-electron chi connectivity index (χ0n) is 11.4. The summed E-state index contributed by atoms with van der Waals surface area (Å²) < 4.78 is 0.478. The van der Waals surface area contributed by atoms with E-state index in [9.17, 15) is 9.59 Å². The lowest BCUT2D eigenvalue weighted by Gasteiger charge is -2.08. The van der Waals surface area contributed by atoms with E-state index in [2.05, 4.69) is 21.2 Å². The van der Waals surface area contributed by atoms with Crippen molar-refractivity contribution in [1.82, 2.24) is 0 Å². The quantitative estimate of drug-likeness (QED) is 0.887. The molecule has 0 aliphatic heterocycles. The van der Waals surface area contributed by atoms with Crippen LogP contribution in [-0.4, -0.2) is 17.0 Å². The molecule has 0 aliphatic rings. The number of anilines is 1. The Balaban J connectivity index is 2.09. The summed E-state index contributed by atoms with van der Waals surface area (Å²) in [6, 6.07) is 12.4. The highest BCUT2D eigenvalue weighted by Gasteiger charge is 2.11. The van der Waals surface area contributed by atoms with Gasteiger partial charge in [-0.1, -0.05) is 29.8 Å². The Hall–Kier alpha value is -2.14. The molecule has 5 heteroatoms. The number of hydrogen-bond acceptors (Lipinski definition) is 2. The average molecular weight is 348 g/mol. The molecule has 0 bridgehead atoms. The number of carboxylic acids is 1. The fourth-order valence-corrected chi connectivity index (χ4v) is 2.40. The van der Waals surface area contributed by atoms with Crippen molar-refractivity contribution in [2.45, 2.75) is 13.3 Å². The van der Waals surface area contributed by atoms with Gasteiger partial charge in [-0.2, -0.15) is 0 Å². The number of aromatic carboxylic acids is 1. The van der Waals surface area contributed by atoms with Gasteiger partial charge in [0, 0.05) is 10.2 Å². The highest BCUT2D eigenvalue weighted by atomic mass is 79.9. The summed E-state index contributed by atoms with van der Waals surface area (Å²) in [4.78, 5) is 23.0. The average Bonchev–Trinajstić information content (AvgIpc) is 2.40. The van der Waals surface area contributed by atoms with Crippen molar-refractivity contribution in [3.63, 3.8) is 0 Å². The van der Waals surface area contributed by atoms with Gasteiger partial charge >= 0.3 is 5.97 Å². The van der Waals surface area contributed by atoms with E-state index in [0.717, 1.165) is 11.1 Å². The first-order chi connectivity index (χ1) is 9.95. The Morgan fingerprint density at radius 1 is 1.19 bits per heavy atom. The van der Waals surface area contributed by atoms with E-state index in [4.69, 9.17) is 5.11 Å². The highest BCUT2D eigenvalue weighted by molar-refractivity contribution is 9.10. The van der Waals surface area contributed by atoms with Crippen molar-refractivity contribution >= 4 is 33.5 Å². The highest BCUT2D eigenvalue weighted by Crippen LogP contribution is 2.21. The first-order valence-electron chi connectivity index (χ1n) is 6.34. The van der Waals surface area contributed by atoms with Crippen LogP contribution in [0.15, 0.2) is 46.9 Å². The number of nitrogens with one attached hydrogen (secondary N) is 1. The molecule has 0 aromatic heterocycles. The van der Waals surface area contributed by atoms with Crippen molar-refractivity contribution in [3.8, 4) is 0 Å². The van der Waals surface area contributed by atoms with Gasteiger partial charge in [0.05, 0.1) is 12.0 Å². The summed E-state index contributed by atoms with van der Waals surface area (Å²) in [5.74, 6) is -1.23. The third kappa shape index (κ3) is 4.16. The first kappa shape index (κ1) is 15.3. The lowest BCUT2D eigenvalue weighted by molar-refractivity contribution is -0.115. The van der Waals surface area contributed by atoms with Gasteiger partial charge in [0.2, 0.25) is 5.91 Å². The minimum absolute atomic E-state index is 0.114. The maximum Gasteiger partial charge on any atom is 0.336 e. The molecule has 0 aliphatic carbocycles. The molecule has 21 heavy (non-hydrogen) atoms. The topological polar surface area (TPSA) is 66.4 Å². The molecule has 4 nitrogen and oxygen atoms in total. The number of halogens is 1. The van der Waals surface area contributed by atoms with E-state index in [-0.39, 0.29) is 17.9 Å². The van der Waals surface area contributed by atoms with Crippen LogP contribution in [0.4, 0.5) is 5.69 Å². The maximum atomic E-state index is 12.0. The minimum Gasteiger partial charge on any atom is -0.478 e. The van der Waals surface area contributed by atoms with Gasteiger partial charge in [0.25, 0.3) is 0 Å². The lowest BCUT2D eigenvalue weighted by atomic mass is 10.1. The maximum absolute atomic E-state index is 12.0. The second-order valence-electron chi connectivity index (χ2n) is 4.71. The lowest BCUT2D eigenvalue weighted by Crippen LogP contribution is -2.15. The molecule has 0 saturated heterocycles. The normalized spacial score (nSPS) is 10.2. The summed E-state index contributed by atoms with van der Waals surface area (Å²) in [6.07, 6.45) is 0.250. The van der Waals surface area contributed by atoms with Gasteiger partial charge in [0.1, 0.15) is 0 Å². The number of carbonyl (C=O) groups excluding carboxylic acids is 1. The molecule has 0 atom stereocenters. The smallest absolute Gasteiger partial charge is 0.336 e. The molecule has 1 amide bonds. The predicted molar refractivity (Wildman–Crippen MR) is 84.6 cm³/mol. The van der Waals surface area contributed by atoms with Gasteiger partial charge in [-0.05, 0) is 46.6 Å². The number of carboxylic acid groups (broad SMARTS) is 1. The first-order valence-corrected chi connectivity index (χ1v) is 7.13. The fourth-order valence-electron chi connectivity index (χ4n) is 1.98. The number of aryl methyl sites for hydroxylation is 1. The van der Waals surface area contributed by atoms with Crippen molar-refractivity contribution in [3.05, 3.63) is 63.6 Å².